The summed E-state index contributed by atoms with van der Waals surface area (Å²) in [5, 5.41) is 4.21. The first-order valence-corrected chi connectivity index (χ1v) is 7.79. The number of thioether (sulfide) groups is 1. The molecule has 0 radical (unpaired) electrons. The van der Waals surface area contributed by atoms with Crippen LogP contribution in [0.1, 0.15) is 5.56 Å². The average Bonchev–Trinajstić information content (AvgIpc) is 2.39. The SMILES string of the molecule is CNC(Cc1ccncc1Cl)C1CSCCN1C. The molecule has 18 heavy (non-hydrogen) atoms. The zero-order chi connectivity index (χ0) is 13.0. The van der Waals surface area contributed by atoms with Crippen molar-refractivity contribution in [1.29, 1.82) is 0 Å². The highest BCUT2D eigenvalue weighted by molar-refractivity contribution is 7.99. The van der Waals surface area contributed by atoms with Crippen LogP contribution in [0.15, 0.2) is 18.5 Å². The van der Waals surface area contributed by atoms with Crippen molar-refractivity contribution in [1.82, 2.24) is 15.2 Å². The van der Waals surface area contributed by atoms with Crippen LogP contribution in [0.25, 0.3) is 0 Å². The molecule has 0 aliphatic carbocycles. The van der Waals surface area contributed by atoms with Gasteiger partial charge in [-0.1, -0.05) is 11.6 Å². The molecular formula is C13H20ClN3S. The summed E-state index contributed by atoms with van der Waals surface area (Å²) in [4.78, 5) is 6.49. The van der Waals surface area contributed by atoms with Gasteiger partial charge in [-0.2, -0.15) is 11.8 Å². The number of nitrogens with zero attached hydrogens (tertiary/aromatic N) is 2. The van der Waals surface area contributed by atoms with Gasteiger partial charge in [-0.15, -0.1) is 0 Å². The second kappa shape index (κ2) is 6.75. The molecule has 0 saturated carbocycles. The maximum atomic E-state index is 6.19. The molecule has 2 rings (SSSR count). The lowest BCUT2D eigenvalue weighted by Crippen LogP contribution is -2.52. The number of nitrogens with one attached hydrogen (secondary N) is 1. The van der Waals surface area contributed by atoms with Gasteiger partial charge in [-0.3, -0.25) is 4.98 Å². The van der Waals surface area contributed by atoms with E-state index in [-0.39, 0.29) is 0 Å². The maximum Gasteiger partial charge on any atom is 0.0621 e. The standard InChI is InChI=1S/C13H20ClN3S/c1-15-12(13-9-18-6-5-17(13)2)7-10-3-4-16-8-11(10)14/h3-4,8,12-13,15H,5-7,9H2,1-2H3. The monoisotopic (exact) mass is 285 g/mol. The molecule has 5 heteroatoms. The Morgan fingerprint density at radius 3 is 3.17 bits per heavy atom. The van der Waals surface area contributed by atoms with E-state index < -0.39 is 0 Å². The third-order valence-electron chi connectivity index (χ3n) is 3.57. The zero-order valence-corrected chi connectivity index (χ0v) is 12.5. The fraction of sp³-hybridized carbons (Fsp3) is 0.615. The predicted octanol–water partition coefficient (Wildman–Crippen LogP) is 1.91. The Morgan fingerprint density at radius 1 is 1.67 bits per heavy atom. The molecule has 2 heterocycles. The number of rotatable bonds is 4. The summed E-state index contributed by atoms with van der Waals surface area (Å²) in [6.45, 7) is 1.16. The van der Waals surface area contributed by atoms with Gasteiger partial charge < -0.3 is 10.2 Å². The van der Waals surface area contributed by atoms with Gasteiger partial charge in [0.25, 0.3) is 0 Å². The van der Waals surface area contributed by atoms with Gasteiger partial charge in [0.15, 0.2) is 0 Å². The highest BCUT2D eigenvalue weighted by atomic mass is 35.5. The van der Waals surface area contributed by atoms with Crippen LogP contribution in [0.5, 0.6) is 0 Å². The fourth-order valence-electron chi connectivity index (χ4n) is 2.37. The van der Waals surface area contributed by atoms with Gasteiger partial charge in [-0.25, -0.2) is 0 Å². The normalized spacial score (nSPS) is 22.9. The topological polar surface area (TPSA) is 28.2 Å². The molecule has 1 fully saturated rings. The molecule has 1 aromatic heterocycles. The Morgan fingerprint density at radius 2 is 2.50 bits per heavy atom. The lowest BCUT2D eigenvalue weighted by atomic mass is 10.00. The van der Waals surface area contributed by atoms with E-state index in [1.54, 1.807) is 6.20 Å². The van der Waals surface area contributed by atoms with E-state index >= 15 is 0 Å². The van der Waals surface area contributed by atoms with Crippen LogP contribution in [0.2, 0.25) is 5.02 Å². The van der Waals surface area contributed by atoms with Crippen LogP contribution in [0.4, 0.5) is 0 Å². The van der Waals surface area contributed by atoms with Gasteiger partial charge in [-0.05, 0) is 32.1 Å². The van der Waals surface area contributed by atoms with Crippen molar-refractivity contribution in [2.24, 2.45) is 0 Å². The van der Waals surface area contributed by atoms with Gasteiger partial charge in [0.05, 0.1) is 5.02 Å². The van der Waals surface area contributed by atoms with Crippen LogP contribution in [-0.2, 0) is 6.42 Å². The van der Waals surface area contributed by atoms with Gasteiger partial charge in [0.1, 0.15) is 0 Å². The number of aromatic nitrogens is 1. The second-order valence-corrected chi connectivity index (χ2v) is 6.25. The molecule has 0 bridgehead atoms. The minimum atomic E-state index is 0.433. The largest absolute Gasteiger partial charge is 0.315 e. The Kier molecular flexibility index (Phi) is 5.30. The van der Waals surface area contributed by atoms with E-state index in [0.717, 1.165) is 18.0 Å². The Labute approximate surface area is 118 Å². The van der Waals surface area contributed by atoms with Gasteiger partial charge in [0.2, 0.25) is 0 Å². The summed E-state index contributed by atoms with van der Waals surface area (Å²) in [6, 6.07) is 3.02. The minimum absolute atomic E-state index is 0.433. The molecule has 2 unspecified atom stereocenters. The summed E-state index contributed by atoms with van der Waals surface area (Å²) in [5.41, 5.74) is 1.18. The molecule has 0 spiro atoms. The predicted molar refractivity (Wildman–Crippen MR) is 79.5 cm³/mol. The molecule has 100 valence electrons. The van der Waals surface area contributed by atoms with E-state index in [2.05, 4.69) is 22.2 Å². The van der Waals surface area contributed by atoms with Crippen LogP contribution in [0.3, 0.4) is 0 Å². The van der Waals surface area contributed by atoms with Crippen molar-refractivity contribution in [3.63, 3.8) is 0 Å². The van der Waals surface area contributed by atoms with Crippen LogP contribution >= 0.6 is 23.4 Å². The molecule has 1 aromatic rings. The number of pyridine rings is 1. The first kappa shape index (κ1) is 14.1. The lowest BCUT2D eigenvalue weighted by molar-refractivity contribution is 0.219. The summed E-state index contributed by atoms with van der Waals surface area (Å²) in [6.07, 6.45) is 4.49. The van der Waals surface area contributed by atoms with Crippen molar-refractivity contribution in [3.8, 4) is 0 Å². The molecule has 1 saturated heterocycles. The number of halogens is 1. The molecule has 1 N–H and O–H groups in total. The molecule has 3 nitrogen and oxygen atoms in total. The average molecular weight is 286 g/mol. The van der Waals surface area contributed by atoms with Crippen molar-refractivity contribution in [2.45, 2.75) is 18.5 Å². The Bertz CT molecular complexity index is 388. The molecular weight excluding hydrogens is 266 g/mol. The third kappa shape index (κ3) is 3.38. The Balaban J connectivity index is 2.07. The zero-order valence-electron chi connectivity index (χ0n) is 10.9. The molecule has 2 atom stereocenters. The van der Waals surface area contributed by atoms with E-state index in [1.807, 2.05) is 31.1 Å². The van der Waals surface area contributed by atoms with Crippen molar-refractivity contribution in [2.75, 3.05) is 32.1 Å². The highest BCUT2D eigenvalue weighted by Crippen LogP contribution is 2.22. The molecule has 0 aromatic carbocycles. The summed E-state index contributed by atoms with van der Waals surface area (Å²) >= 11 is 8.23. The minimum Gasteiger partial charge on any atom is -0.315 e. The van der Waals surface area contributed by atoms with Crippen LogP contribution in [-0.4, -0.2) is 54.1 Å². The molecule has 0 amide bonds. The lowest BCUT2D eigenvalue weighted by Gasteiger charge is -2.37. The van der Waals surface area contributed by atoms with E-state index in [1.165, 1.54) is 17.1 Å². The maximum absolute atomic E-state index is 6.19. The summed E-state index contributed by atoms with van der Waals surface area (Å²) < 4.78 is 0. The Hall–Kier alpha value is -0.290. The van der Waals surface area contributed by atoms with Gasteiger partial charge >= 0.3 is 0 Å². The smallest absolute Gasteiger partial charge is 0.0621 e. The number of hydrogen-bond acceptors (Lipinski definition) is 4. The number of likely N-dealkylation sites (N-methyl/N-ethyl adjacent to an activating group) is 2. The molecule has 1 aliphatic heterocycles. The van der Waals surface area contributed by atoms with Crippen molar-refractivity contribution >= 4 is 23.4 Å². The van der Waals surface area contributed by atoms with Gasteiger partial charge in [0, 0.05) is 42.5 Å². The summed E-state index contributed by atoms with van der Waals surface area (Å²) in [7, 11) is 4.25. The second-order valence-electron chi connectivity index (χ2n) is 4.69. The van der Waals surface area contributed by atoms with Crippen LogP contribution < -0.4 is 5.32 Å². The quantitative estimate of drug-likeness (QED) is 0.915. The van der Waals surface area contributed by atoms with Crippen molar-refractivity contribution < 1.29 is 0 Å². The van der Waals surface area contributed by atoms with Crippen molar-refractivity contribution in [3.05, 3.63) is 29.0 Å². The van der Waals surface area contributed by atoms with Crippen LogP contribution in [0, 0.1) is 0 Å². The third-order valence-corrected chi connectivity index (χ3v) is 4.96. The van der Waals surface area contributed by atoms with E-state index in [9.17, 15) is 0 Å². The van der Waals surface area contributed by atoms with E-state index in [4.69, 9.17) is 11.6 Å². The first-order chi connectivity index (χ1) is 8.72. The first-order valence-electron chi connectivity index (χ1n) is 6.26. The summed E-state index contributed by atoms with van der Waals surface area (Å²) in [5.74, 6) is 2.42. The highest BCUT2D eigenvalue weighted by Gasteiger charge is 2.27. The number of hydrogen-bond donors (Lipinski definition) is 1. The van der Waals surface area contributed by atoms with E-state index in [0.29, 0.717) is 12.1 Å². The molecule has 1 aliphatic rings. The fourth-order valence-corrected chi connectivity index (χ4v) is 3.87.